The zero-order chi connectivity index (χ0) is 26.2. The molecule has 0 amide bonds. The van der Waals surface area contributed by atoms with Gasteiger partial charge in [-0.2, -0.15) is 13.2 Å². The highest BCUT2D eigenvalue weighted by Gasteiger charge is 2.33. The number of aryl methyl sites for hydroxylation is 3. The zero-order valence-corrected chi connectivity index (χ0v) is 20.4. The maximum Gasteiger partial charge on any atom is 0.416 e. The minimum Gasteiger partial charge on any atom is -0.306 e. The van der Waals surface area contributed by atoms with Gasteiger partial charge in [0.1, 0.15) is 0 Å². The first-order chi connectivity index (χ1) is 17.7. The fraction of sp³-hybridized carbons (Fsp3) is 0.143. The molecule has 0 unspecified atom stereocenters. The standard InChI is InChI=1S/C28H23F3N6/c1-18-6-7-19(2)26(11-18)37(27-33-10-8-25(35-27)21-5-4-9-32-15-21)24-13-22(28(29,30)31)12-23(14-24)36-16-20(3)34-17-36/h4-17H,1-3H3. The Morgan fingerprint density at radius 3 is 2.43 bits per heavy atom. The number of imidazole rings is 1. The van der Waals surface area contributed by atoms with Gasteiger partial charge in [-0.05, 0) is 74.4 Å². The minimum atomic E-state index is -4.56. The van der Waals surface area contributed by atoms with E-state index < -0.39 is 11.7 Å². The number of hydrogen-bond donors (Lipinski definition) is 0. The van der Waals surface area contributed by atoms with Gasteiger partial charge in [-0.15, -0.1) is 0 Å². The third-order valence-electron chi connectivity index (χ3n) is 5.90. The van der Waals surface area contributed by atoms with E-state index in [9.17, 15) is 13.2 Å². The van der Waals surface area contributed by atoms with Crippen LogP contribution in [0.3, 0.4) is 0 Å². The van der Waals surface area contributed by atoms with Crippen LogP contribution in [0.1, 0.15) is 22.4 Å². The molecule has 0 spiro atoms. The second-order valence-electron chi connectivity index (χ2n) is 8.77. The maximum atomic E-state index is 14.1. The fourth-order valence-corrected chi connectivity index (χ4v) is 4.05. The van der Waals surface area contributed by atoms with E-state index >= 15 is 0 Å². The molecule has 6 nitrogen and oxygen atoms in total. The molecule has 9 heteroatoms. The Morgan fingerprint density at radius 1 is 0.892 bits per heavy atom. The highest BCUT2D eigenvalue weighted by Crippen LogP contribution is 2.40. The van der Waals surface area contributed by atoms with Crippen LogP contribution >= 0.6 is 0 Å². The monoisotopic (exact) mass is 500 g/mol. The van der Waals surface area contributed by atoms with Crippen LogP contribution in [0.4, 0.5) is 30.5 Å². The first kappa shape index (κ1) is 24.2. The molecule has 3 heterocycles. The van der Waals surface area contributed by atoms with E-state index in [0.717, 1.165) is 28.8 Å². The van der Waals surface area contributed by atoms with Crippen molar-refractivity contribution in [1.29, 1.82) is 0 Å². The Bertz CT molecular complexity index is 1560. The molecule has 2 aromatic carbocycles. The molecule has 0 saturated carbocycles. The van der Waals surface area contributed by atoms with E-state index in [1.54, 1.807) is 59.4 Å². The predicted octanol–water partition coefficient (Wildman–Crippen LogP) is 7.14. The first-order valence-corrected chi connectivity index (χ1v) is 11.5. The van der Waals surface area contributed by atoms with Crippen LogP contribution in [0, 0.1) is 20.8 Å². The Morgan fingerprint density at radius 2 is 1.73 bits per heavy atom. The van der Waals surface area contributed by atoms with Crippen molar-refractivity contribution in [2.75, 3.05) is 4.90 Å². The van der Waals surface area contributed by atoms with Gasteiger partial charge < -0.3 is 4.57 Å². The van der Waals surface area contributed by atoms with Crippen molar-refractivity contribution >= 4 is 17.3 Å². The van der Waals surface area contributed by atoms with Crippen LogP contribution in [0.2, 0.25) is 0 Å². The number of anilines is 3. The van der Waals surface area contributed by atoms with Crippen LogP contribution < -0.4 is 4.90 Å². The molecule has 0 N–H and O–H groups in total. The quantitative estimate of drug-likeness (QED) is 0.257. The second kappa shape index (κ2) is 9.50. The summed E-state index contributed by atoms with van der Waals surface area (Å²) in [7, 11) is 0. The zero-order valence-electron chi connectivity index (χ0n) is 20.4. The number of aromatic nitrogens is 5. The molecule has 0 fully saturated rings. The molecule has 0 bridgehead atoms. The molecule has 3 aromatic heterocycles. The number of nitrogens with zero attached hydrogens (tertiary/aromatic N) is 6. The summed E-state index contributed by atoms with van der Waals surface area (Å²) in [4.78, 5) is 19.2. The largest absolute Gasteiger partial charge is 0.416 e. The van der Waals surface area contributed by atoms with Crippen molar-refractivity contribution in [2.45, 2.75) is 26.9 Å². The molecule has 0 saturated heterocycles. The van der Waals surface area contributed by atoms with Crippen molar-refractivity contribution in [1.82, 2.24) is 24.5 Å². The molecular formula is C28H23F3N6. The van der Waals surface area contributed by atoms with E-state index in [-0.39, 0.29) is 11.6 Å². The highest BCUT2D eigenvalue weighted by atomic mass is 19.4. The Labute approximate surface area is 212 Å². The Hall–Kier alpha value is -4.53. The average Bonchev–Trinajstić information content (AvgIpc) is 3.33. The van der Waals surface area contributed by atoms with Gasteiger partial charge in [0.25, 0.3) is 0 Å². The summed E-state index contributed by atoms with van der Waals surface area (Å²) >= 11 is 0. The molecule has 5 aromatic rings. The molecular weight excluding hydrogens is 477 g/mol. The smallest absolute Gasteiger partial charge is 0.306 e. The van der Waals surface area contributed by atoms with E-state index in [4.69, 9.17) is 4.98 Å². The van der Waals surface area contributed by atoms with E-state index in [2.05, 4.69) is 15.0 Å². The summed E-state index contributed by atoms with van der Waals surface area (Å²) in [5.41, 5.74) is 4.36. The van der Waals surface area contributed by atoms with Gasteiger partial charge in [-0.3, -0.25) is 9.88 Å². The lowest BCUT2D eigenvalue weighted by Gasteiger charge is -2.27. The van der Waals surface area contributed by atoms with E-state index in [1.165, 1.54) is 6.33 Å². The first-order valence-electron chi connectivity index (χ1n) is 11.5. The molecule has 186 valence electrons. The maximum absolute atomic E-state index is 14.1. The van der Waals surface area contributed by atoms with Gasteiger partial charge in [0, 0.05) is 36.0 Å². The third-order valence-corrected chi connectivity index (χ3v) is 5.90. The van der Waals surface area contributed by atoms with Gasteiger partial charge in [-0.1, -0.05) is 12.1 Å². The molecule has 5 rings (SSSR count). The van der Waals surface area contributed by atoms with Crippen molar-refractivity contribution in [2.24, 2.45) is 0 Å². The van der Waals surface area contributed by atoms with Crippen molar-refractivity contribution in [3.63, 3.8) is 0 Å². The van der Waals surface area contributed by atoms with Gasteiger partial charge in [0.05, 0.1) is 34.7 Å². The lowest BCUT2D eigenvalue weighted by atomic mass is 10.1. The number of benzene rings is 2. The summed E-state index contributed by atoms with van der Waals surface area (Å²) in [6.07, 6.45) is 3.55. The molecule has 0 radical (unpaired) electrons. The molecule has 0 atom stereocenters. The minimum absolute atomic E-state index is 0.238. The van der Waals surface area contributed by atoms with Crippen LogP contribution in [-0.2, 0) is 6.18 Å². The molecule has 0 aliphatic heterocycles. The number of hydrogen-bond acceptors (Lipinski definition) is 5. The van der Waals surface area contributed by atoms with Gasteiger partial charge in [0.2, 0.25) is 5.95 Å². The number of pyridine rings is 1. The molecule has 37 heavy (non-hydrogen) atoms. The van der Waals surface area contributed by atoms with Crippen molar-refractivity contribution in [3.8, 4) is 16.9 Å². The van der Waals surface area contributed by atoms with Gasteiger partial charge in [0.15, 0.2) is 0 Å². The highest BCUT2D eigenvalue weighted by molar-refractivity contribution is 5.77. The predicted molar refractivity (Wildman–Crippen MR) is 136 cm³/mol. The average molecular weight is 501 g/mol. The van der Waals surface area contributed by atoms with Crippen LogP contribution in [0.5, 0.6) is 0 Å². The van der Waals surface area contributed by atoms with Crippen molar-refractivity contribution < 1.29 is 13.2 Å². The number of rotatable bonds is 5. The van der Waals surface area contributed by atoms with Crippen LogP contribution in [-0.4, -0.2) is 24.5 Å². The Kier molecular flexibility index (Phi) is 6.20. The van der Waals surface area contributed by atoms with Crippen molar-refractivity contribution in [3.05, 3.63) is 108 Å². The molecule has 0 aliphatic carbocycles. The fourth-order valence-electron chi connectivity index (χ4n) is 4.05. The van der Waals surface area contributed by atoms with Gasteiger partial charge in [-0.25, -0.2) is 15.0 Å². The second-order valence-corrected chi connectivity index (χ2v) is 8.77. The molecule has 0 aliphatic rings. The Balaban J connectivity index is 1.77. The lowest BCUT2D eigenvalue weighted by Crippen LogP contribution is -2.17. The topological polar surface area (TPSA) is 59.7 Å². The number of halogens is 3. The summed E-state index contributed by atoms with van der Waals surface area (Å²) in [6, 6.07) is 15.1. The summed E-state index contributed by atoms with van der Waals surface area (Å²) in [5, 5.41) is 0. The van der Waals surface area contributed by atoms with Crippen LogP contribution in [0.15, 0.2) is 85.7 Å². The summed E-state index contributed by atoms with van der Waals surface area (Å²) < 4.78 is 43.8. The third kappa shape index (κ3) is 5.06. The normalized spacial score (nSPS) is 11.5. The number of alkyl halides is 3. The summed E-state index contributed by atoms with van der Waals surface area (Å²) in [6.45, 7) is 5.62. The van der Waals surface area contributed by atoms with Crippen LogP contribution in [0.25, 0.3) is 16.9 Å². The van der Waals surface area contributed by atoms with Gasteiger partial charge >= 0.3 is 6.18 Å². The van der Waals surface area contributed by atoms with E-state index in [1.807, 2.05) is 38.1 Å². The lowest BCUT2D eigenvalue weighted by molar-refractivity contribution is -0.137. The SMILES string of the molecule is Cc1ccc(C)c(N(c2cc(-n3cnc(C)c3)cc(C(F)(F)F)c2)c2nccc(-c3cccnc3)n2)c1. The summed E-state index contributed by atoms with van der Waals surface area (Å²) in [5.74, 6) is 0.238. The van der Waals surface area contributed by atoms with E-state index in [0.29, 0.717) is 22.8 Å².